The van der Waals surface area contributed by atoms with Crippen LogP contribution in [0.15, 0.2) is 16.9 Å². The van der Waals surface area contributed by atoms with Gasteiger partial charge in [0.1, 0.15) is 0 Å². The summed E-state index contributed by atoms with van der Waals surface area (Å²) in [6, 6.07) is 4.79. The number of nitrogens with zero attached hydrogens (tertiary/aromatic N) is 3. The third kappa shape index (κ3) is 2.78. The maximum absolute atomic E-state index is 12.1. The molecule has 0 spiro atoms. The van der Waals surface area contributed by atoms with Gasteiger partial charge in [-0.3, -0.25) is 4.79 Å². The molecule has 0 radical (unpaired) electrons. The van der Waals surface area contributed by atoms with E-state index in [1.165, 1.54) is 38.5 Å². The Morgan fingerprint density at radius 1 is 0.905 bits per heavy atom. The maximum Gasteiger partial charge on any atom is 0.267 e. The van der Waals surface area contributed by atoms with Crippen LogP contribution in [0.25, 0.3) is 0 Å². The summed E-state index contributed by atoms with van der Waals surface area (Å²) in [5.74, 6) is 0.621. The van der Waals surface area contributed by atoms with Crippen molar-refractivity contribution in [2.24, 2.45) is 0 Å². The summed E-state index contributed by atoms with van der Waals surface area (Å²) in [6.07, 6.45) is 10.2. The molecular weight excluding hydrogens is 262 g/mol. The molecule has 0 N–H and O–H groups in total. The highest BCUT2D eigenvalue weighted by atomic mass is 16.1. The number of piperidine rings is 1. The fourth-order valence-corrected chi connectivity index (χ4v) is 4.06. The number of aromatic nitrogens is 2. The molecule has 3 fully saturated rings. The van der Waals surface area contributed by atoms with E-state index in [4.69, 9.17) is 0 Å². The minimum absolute atomic E-state index is 0.0821. The lowest BCUT2D eigenvalue weighted by atomic mass is 10.0. The Bertz CT molecular complexity index is 549. The Balaban J connectivity index is 1.45. The average molecular weight is 287 g/mol. The molecule has 4 nitrogen and oxygen atoms in total. The first-order valence-electron chi connectivity index (χ1n) is 8.65. The van der Waals surface area contributed by atoms with E-state index in [2.05, 4.69) is 10.00 Å². The molecular formula is C17H25N3O. The van der Waals surface area contributed by atoms with Crippen molar-refractivity contribution in [1.29, 1.82) is 0 Å². The largest absolute Gasteiger partial charge is 0.300 e. The van der Waals surface area contributed by atoms with Crippen molar-refractivity contribution in [3.8, 4) is 0 Å². The standard InChI is InChI=1S/C17H25N3O/c21-17-8-7-16(13-5-6-13)18-20(17)15-9-11-19(12-10-15)14-3-1-2-4-14/h7-8,13-15H,1-6,9-12H2. The van der Waals surface area contributed by atoms with Crippen molar-refractivity contribution in [3.05, 3.63) is 28.2 Å². The van der Waals surface area contributed by atoms with Gasteiger partial charge in [0.25, 0.3) is 5.56 Å². The summed E-state index contributed by atoms with van der Waals surface area (Å²) in [5.41, 5.74) is 1.21. The van der Waals surface area contributed by atoms with Crippen LogP contribution in [-0.4, -0.2) is 33.8 Å². The smallest absolute Gasteiger partial charge is 0.267 e. The van der Waals surface area contributed by atoms with Gasteiger partial charge in [-0.25, -0.2) is 4.68 Å². The van der Waals surface area contributed by atoms with Crippen LogP contribution in [-0.2, 0) is 0 Å². The first-order valence-corrected chi connectivity index (χ1v) is 8.65. The van der Waals surface area contributed by atoms with Crippen LogP contribution >= 0.6 is 0 Å². The topological polar surface area (TPSA) is 38.1 Å². The van der Waals surface area contributed by atoms with Crippen molar-refractivity contribution in [2.75, 3.05) is 13.1 Å². The van der Waals surface area contributed by atoms with Gasteiger partial charge in [0.15, 0.2) is 0 Å². The first-order chi connectivity index (χ1) is 10.3. The van der Waals surface area contributed by atoms with E-state index in [1.54, 1.807) is 10.7 Å². The van der Waals surface area contributed by atoms with Gasteiger partial charge >= 0.3 is 0 Å². The molecule has 0 bridgehead atoms. The first kappa shape index (κ1) is 13.5. The average Bonchev–Trinajstić information content (AvgIpc) is 3.22. The van der Waals surface area contributed by atoms with Crippen LogP contribution in [0.2, 0.25) is 0 Å². The van der Waals surface area contributed by atoms with E-state index in [-0.39, 0.29) is 5.56 Å². The lowest BCUT2D eigenvalue weighted by Gasteiger charge is -2.36. The molecule has 0 atom stereocenters. The second-order valence-electron chi connectivity index (χ2n) is 7.02. The van der Waals surface area contributed by atoms with Gasteiger partial charge in [-0.1, -0.05) is 12.8 Å². The van der Waals surface area contributed by atoms with Gasteiger partial charge in [-0.2, -0.15) is 5.10 Å². The molecule has 1 aromatic rings. The molecule has 21 heavy (non-hydrogen) atoms. The summed E-state index contributed by atoms with van der Waals surface area (Å²) in [5, 5.41) is 4.67. The van der Waals surface area contributed by atoms with E-state index in [9.17, 15) is 4.79 Å². The van der Waals surface area contributed by atoms with E-state index in [1.807, 2.05) is 6.07 Å². The number of likely N-dealkylation sites (tertiary alicyclic amines) is 1. The van der Waals surface area contributed by atoms with Crippen LogP contribution in [0.5, 0.6) is 0 Å². The van der Waals surface area contributed by atoms with Gasteiger partial charge in [0.2, 0.25) is 0 Å². The van der Waals surface area contributed by atoms with Gasteiger partial charge in [0, 0.05) is 31.1 Å². The number of hydrogen-bond acceptors (Lipinski definition) is 3. The molecule has 0 aromatic carbocycles. The van der Waals surface area contributed by atoms with Crippen molar-refractivity contribution in [3.63, 3.8) is 0 Å². The zero-order valence-electron chi connectivity index (χ0n) is 12.7. The lowest BCUT2D eigenvalue weighted by Crippen LogP contribution is -2.42. The van der Waals surface area contributed by atoms with Crippen molar-refractivity contribution < 1.29 is 0 Å². The highest BCUT2D eigenvalue weighted by molar-refractivity contribution is 5.13. The number of rotatable bonds is 3. The molecule has 0 unspecified atom stereocenters. The van der Waals surface area contributed by atoms with Gasteiger partial charge in [-0.05, 0) is 44.6 Å². The van der Waals surface area contributed by atoms with Gasteiger partial charge in [-0.15, -0.1) is 0 Å². The second-order valence-corrected chi connectivity index (χ2v) is 7.02. The third-order valence-corrected chi connectivity index (χ3v) is 5.53. The Kier molecular flexibility index (Phi) is 3.57. The number of hydrogen-bond donors (Lipinski definition) is 0. The molecule has 2 aliphatic carbocycles. The molecule has 2 saturated carbocycles. The fourth-order valence-electron chi connectivity index (χ4n) is 4.06. The Labute approximate surface area is 126 Å². The Morgan fingerprint density at radius 3 is 2.29 bits per heavy atom. The van der Waals surface area contributed by atoms with Gasteiger partial charge in [0.05, 0.1) is 11.7 Å². The highest BCUT2D eigenvalue weighted by Gasteiger charge is 2.30. The van der Waals surface area contributed by atoms with E-state index in [0.29, 0.717) is 12.0 Å². The highest BCUT2D eigenvalue weighted by Crippen LogP contribution is 2.38. The molecule has 1 saturated heterocycles. The summed E-state index contributed by atoms with van der Waals surface area (Å²) >= 11 is 0. The summed E-state index contributed by atoms with van der Waals surface area (Å²) in [4.78, 5) is 14.8. The van der Waals surface area contributed by atoms with Crippen LogP contribution in [0.4, 0.5) is 0 Å². The summed E-state index contributed by atoms with van der Waals surface area (Å²) < 4.78 is 1.79. The van der Waals surface area contributed by atoms with Crippen LogP contribution < -0.4 is 5.56 Å². The predicted octanol–water partition coefficient (Wildman–Crippen LogP) is 2.70. The minimum Gasteiger partial charge on any atom is -0.300 e. The van der Waals surface area contributed by atoms with E-state index < -0.39 is 0 Å². The van der Waals surface area contributed by atoms with Crippen LogP contribution in [0.1, 0.15) is 69.0 Å². The predicted molar refractivity (Wildman–Crippen MR) is 82.6 cm³/mol. The van der Waals surface area contributed by atoms with E-state index in [0.717, 1.165) is 37.7 Å². The van der Waals surface area contributed by atoms with Crippen LogP contribution in [0, 0.1) is 0 Å². The quantitative estimate of drug-likeness (QED) is 0.858. The van der Waals surface area contributed by atoms with Crippen molar-refractivity contribution in [2.45, 2.75) is 69.4 Å². The molecule has 1 aliphatic heterocycles. The zero-order chi connectivity index (χ0) is 14.2. The summed E-state index contributed by atoms with van der Waals surface area (Å²) in [6.45, 7) is 2.27. The van der Waals surface area contributed by atoms with E-state index >= 15 is 0 Å². The second kappa shape index (κ2) is 5.56. The summed E-state index contributed by atoms with van der Waals surface area (Å²) in [7, 11) is 0. The molecule has 0 amide bonds. The molecule has 114 valence electrons. The Hall–Kier alpha value is -1.16. The SMILES string of the molecule is O=c1ccc(C2CC2)nn1C1CCN(C2CCCC2)CC1. The molecule has 4 heteroatoms. The molecule has 4 rings (SSSR count). The lowest BCUT2D eigenvalue weighted by molar-refractivity contribution is 0.130. The Morgan fingerprint density at radius 2 is 1.62 bits per heavy atom. The molecule has 1 aromatic heterocycles. The molecule has 3 aliphatic rings. The minimum atomic E-state index is 0.0821. The normalized spacial score (nSPS) is 25.5. The maximum atomic E-state index is 12.1. The molecule has 2 heterocycles. The fraction of sp³-hybridized carbons (Fsp3) is 0.765. The van der Waals surface area contributed by atoms with Crippen LogP contribution in [0.3, 0.4) is 0 Å². The van der Waals surface area contributed by atoms with Crippen molar-refractivity contribution >= 4 is 0 Å². The van der Waals surface area contributed by atoms with Crippen molar-refractivity contribution in [1.82, 2.24) is 14.7 Å². The van der Waals surface area contributed by atoms with Gasteiger partial charge < -0.3 is 4.90 Å². The monoisotopic (exact) mass is 287 g/mol. The third-order valence-electron chi connectivity index (χ3n) is 5.53. The zero-order valence-corrected chi connectivity index (χ0v) is 12.7.